The molecule has 0 amide bonds. The summed E-state index contributed by atoms with van der Waals surface area (Å²) in [4.78, 5) is -0.0499. The third-order valence-electron chi connectivity index (χ3n) is 13.0. The lowest BCUT2D eigenvalue weighted by Crippen LogP contribution is -2.66. The van der Waals surface area contributed by atoms with Gasteiger partial charge in [-0.3, -0.25) is 4.18 Å². The van der Waals surface area contributed by atoms with E-state index in [1.807, 2.05) is 189 Å². The summed E-state index contributed by atoms with van der Waals surface area (Å²) in [6, 6.07) is 64.6. The molecule has 1 N–H and O–H groups in total. The van der Waals surface area contributed by atoms with Gasteiger partial charge in [0.2, 0.25) is 0 Å². The molecule has 2 saturated heterocycles. The van der Waals surface area contributed by atoms with E-state index in [4.69, 9.17) is 46.8 Å². The van der Waals surface area contributed by atoms with Gasteiger partial charge in [0.1, 0.15) is 48.8 Å². The molecule has 10 atom stereocenters. The van der Waals surface area contributed by atoms with Crippen LogP contribution in [0.25, 0.3) is 0 Å². The first kappa shape index (κ1) is 53.9. The summed E-state index contributed by atoms with van der Waals surface area (Å²) in [6.07, 6.45) is -11.3. The Balaban J connectivity index is 1.12. The zero-order valence-electron chi connectivity index (χ0n) is 41.8. The fourth-order valence-electron chi connectivity index (χ4n) is 9.04. The van der Waals surface area contributed by atoms with Gasteiger partial charge in [-0.05, 0) is 52.4 Å². The molecular formula is C61H64O13S. The van der Waals surface area contributed by atoms with Gasteiger partial charge in [-0.25, -0.2) is 0 Å². The molecule has 0 unspecified atom stereocenters. The van der Waals surface area contributed by atoms with Crippen molar-refractivity contribution in [2.45, 2.75) is 113 Å². The van der Waals surface area contributed by atoms with Gasteiger partial charge in [0.05, 0.1) is 57.8 Å². The third-order valence-corrected chi connectivity index (χ3v) is 14.3. The number of aliphatic hydroxyl groups is 1. The monoisotopic (exact) mass is 1040 g/mol. The van der Waals surface area contributed by atoms with E-state index in [9.17, 15) is 13.5 Å². The molecule has 75 heavy (non-hydrogen) atoms. The van der Waals surface area contributed by atoms with Crippen LogP contribution in [0, 0.1) is 6.92 Å². The topological polar surface area (TPSA) is 147 Å². The SMILES string of the molecule is Cc1ccc(S(=O)(=O)OC[C@H]2O[C@H](O)[C@H](OCc3ccccc3)[C@@H](OCc3ccccc3)[C@@H]2O[C@H]2O[C@H](COCc3ccccc3)[C@H](OCc3ccccc3)[C@H](OCc3ccccc3)[C@H]2OCc2ccccc2)cc1. The van der Waals surface area contributed by atoms with Crippen molar-refractivity contribution < 1.29 is 60.3 Å². The first-order valence-electron chi connectivity index (χ1n) is 25.3. The van der Waals surface area contributed by atoms with Crippen LogP contribution < -0.4 is 0 Å². The highest BCUT2D eigenvalue weighted by atomic mass is 32.2. The molecule has 13 nitrogen and oxygen atoms in total. The maximum atomic E-state index is 13.9. The maximum absolute atomic E-state index is 13.9. The van der Waals surface area contributed by atoms with E-state index in [1.54, 1.807) is 12.1 Å². The lowest BCUT2D eigenvalue weighted by molar-refractivity contribution is -0.373. The smallest absolute Gasteiger partial charge is 0.297 e. The van der Waals surface area contributed by atoms with Gasteiger partial charge in [0.15, 0.2) is 12.6 Å². The Morgan fingerprint density at radius 2 is 0.760 bits per heavy atom. The van der Waals surface area contributed by atoms with E-state index in [0.29, 0.717) is 0 Å². The summed E-state index contributed by atoms with van der Waals surface area (Å²) in [5.74, 6) is 0. The summed E-state index contributed by atoms with van der Waals surface area (Å²) in [5, 5.41) is 12.0. The van der Waals surface area contributed by atoms with Crippen LogP contribution in [0.4, 0.5) is 0 Å². The number of hydrogen-bond acceptors (Lipinski definition) is 13. The summed E-state index contributed by atoms with van der Waals surface area (Å²) in [7, 11) is -4.35. The molecule has 2 aliphatic heterocycles. The molecule has 2 aliphatic rings. The summed E-state index contributed by atoms with van der Waals surface area (Å²) >= 11 is 0. The molecule has 2 heterocycles. The Morgan fingerprint density at radius 1 is 0.400 bits per heavy atom. The minimum atomic E-state index is -4.35. The van der Waals surface area contributed by atoms with E-state index in [2.05, 4.69) is 0 Å². The number of aryl methyl sites for hydroxylation is 1. The van der Waals surface area contributed by atoms with Crippen molar-refractivity contribution >= 4 is 10.1 Å². The zero-order valence-corrected chi connectivity index (χ0v) is 42.6. The fraction of sp³-hybridized carbons (Fsp3) is 0.311. The number of ether oxygens (including phenoxy) is 9. The van der Waals surface area contributed by atoms with Gasteiger partial charge < -0.3 is 47.7 Å². The molecule has 392 valence electrons. The normalized spacial score (nSPS) is 23.9. The second-order valence-corrected chi connectivity index (χ2v) is 20.2. The van der Waals surface area contributed by atoms with Crippen molar-refractivity contribution in [3.8, 4) is 0 Å². The van der Waals surface area contributed by atoms with Crippen molar-refractivity contribution in [3.05, 3.63) is 245 Å². The summed E-state index contributed by atoms with van der Waals surface area (Å²) in [5.41, 5.74) is 6.23. The van der Waals surface area contributed by atoms with Crippen molar-refractivity contribution in [1.82, 2.24) is 0 Å². The van der Waals surface area contributed by atoms with Crippen LogP contribution >= 0.6 is 0 Å². The van der Waals surface area contributed by atoms with Gasteiger partial charge in [-0.1, -0.05) is 200 Å². The van der Waals surface area contributed by atoms with Crippen molar-refractivity contribution in [3.63, 3.8) is 0 Å². The molecule has 7 aromatic rings. The molecule has 0 saturated carbocycles. The Hall–Kier alpha value is -5.95. The molecule has 7 aromatic carbocycles. The highest BCUT2D eigenvalue weighted by Crippen LogP contribution is 2.37. The maximum Gasteiger partial charge on any atom is 0.297 e. The molecule has 2 fully saturated rings. The van der Waals surface area contributed by atoms with Gasteiger partial charge in [0.25, 0.3) is 10.1 Å². The molecule has 0 aromatic heterocycles. The highest BCUT2D eigenvalue weighted by molar-refractivity contribution is 7.86. The van der Waals surface area contributed by atoms with Gasteiger partial charge in [0, 0.05) is 0 Å². The van der Waals surface area contributed by atoms with Crippen molar-refractivity contribution in [1.29, 1.82) is 0 Å². The fourth-order valence-corrected chi connectivity index (χ4v) is 9.95. The predicted octanol–water partition coefficient (Wildman–Crippen LogP) is 9.67. The van der Waals surface area contributed by atoms with E-state index in [0.717, 1.165) is 38.9 Å². The van der Waals surface area contributed by atoms with Crippen LogP contribution in [0.1, 0.15) is 38.9 Å². The average Bonchev–Trinajstić information content (AvgIpc) is 3.45. The molecule has 14 heteroatoms. The largest absolute Gasteiger partial charge is 0.374 e. The lowest BCUT2D eigenvalue weighted by Gasteiger charge is -2.49. The zero-order chi connectivity index (χ0) is 51.7. The van der Waals surface area contributed by atoms with Gasteiger partial charge >= 0.3 is 0 Å². The minimum Gasteiger partial charge on any atom is -0.374 e. The van der Waals surface area contributed by atoms with E-state index < -0.39 is 78.1 Å². The quantitative estimate of drug-likeness (QED) is 0.0543. The van der Waals surface area contributed by atoms with E-state index in [1.165, 1.54) is 12.1 Å². The second kappa shape index (κ2) is 27.2. The Morgan fingerprint density at radius 3 is 1.20 bits per heavy atom. The molecule has 0 spiro atoms. The Bertz CT molecular complexity index is 2830. The third kappa shape index (κ3) is 15.4. The standard InChI is InChI=1S/C61H64O13S/c1-44-32-34-51(35-33-44)75(63,64)71-43-53-55(57(68-39-48-26-14-5-15-27-48)58(60(62)72-53)69-40-49-28-16-6-17-29-49)74-61-59(70-41-50-30-18-7-19-31-50)56(67-38-47-24-12-4-13-25-47)54(66-37-46-22-10-3-11-23-46)52(73-61)42-65-36-45-20-8-2-9-21-45/h2-35,52-62H,36-43H2,1H3/t52-,53-,54+,55-,56+,57+,58-,59-,60+,61-/m1/s1. The predicted molar refractivity (Wildman–Crippen MR) is 280 cm³/mol. The molecular weight excluding hydrogens is 973 g/mol. The number of benzene rings is 7. The number of rotatable bonds is 25. The number of hydrogen-bond donors (Lipinski definition) is 1. The highest BCUT2D eigenvalue weighted by Gasteiger charge is 2.54. The molecule has 9 rings (SSSR count). The Kier molecular flexibility index (Phi) is 19.5. The lowest BCUT2D eigenvalue weighted by atomic mass is 9.95. The average molecular weight is 1040 g/mol. The molecule has 0 radical (unpaired) electrons. The van der Waals surface area contributed by atoms with Crippen LogP contribution in [-0.4, -0.2) is 88.1 Å². The van der Waals surface area contributed by atoms with Crippen LogP contribution in [0.2, 0.25) is 0 Å². The minimum absolute atomic E-state index is 0.0444. The summed E-state index contributed by atoms with van der Waals surface area (Å²) in [6.45, 7) is 2.25. The first-order valence-corrected chi connectivity index (χ1v) is 26.7. The van der Waals surface area contributed by atoms with Crippen molar-refractivity contribution in [2.24, 2.45) is 0 Å². The molecule has 0 bridgehead atoms. The summed E-state index contributed by atoms with van der Waals surface area (Å²) < 4.78 is 95.2. The van der Waals surface area contributed by atoms with Crippen molar-refractivity contribution in [2.75, 3.05) is 13.2 Å². The van der Waals surface area contributed by atoms with Gasteiger partial charge in [-0.2, -0.15) is 8.42 Å². The van der Waals surface area contributed by atoms with Crippen LogP contribution in [-0.2, 0) is 96.6 Å². The second-order valence-electron chi connectivity index (χ2n) is 18.6. The van der Waals surface area contributed by atoms with Crippen LogP contribution in [0.15, 0.2) is 211 Å². The van der Waals surface area contributed by atoms with Crippen LogP contribution in [0.3, 0.4) is 0 Å². The Labute approximate surface area is 439 Å². The number of aliphatic hydroxyl groups excluding tert-OH is 1. The first-order chi connectivity index (χ1) is 36.8. The molecule has 0 aliphatic carbocycles. The van der Waals surface area contributed by atoms with Crippen LogP contribution in [0.5, 0.6) is 0 Å². The van der Waals surface area contributed by atoms with E-state index >= 15 is 0 Å². The van der Waals surface area contributed by atoms with E-state index in [-0.39, 0.29) is 51.1 Å². The van der Waals surface area contributed by atoms with Gasteiger partial charge in [-0.15, -0.1) is 0 Å².